The van der Waals surface area contributed by atoms with E-state index in [4.69, 9.17) is 0 Å². The Morgan fingerprint density at radius 2 is 1.76 bits per heavy atom. The average molecular weight is 507 g/mol. The molecule has 0 unspecified atom stereocenters. The number of aromatic nitrogens is 1. The van der Waals surface area contributed by atoms with Gasteiger partial charge < -0.3 is 15.5 Å². The molecule has 2 N–H and O–H groups in total. The standard InChI is InChI=1S/C23H33N5.HI/c1-24-23(26-14-9-12-20-10-5-4-6-11-20)27-19-21-13-15-25-22(18-21)28-16-7-2-3-8-17-28;/h4-6,10-11,13,15,18H,2-3,7-9,12,14,16-17,19H2,1H3,(H2,24,26,27);1H. The van der Waals surface area contributed by atoms with Crippen molar-refractivity contribution in [1.29, 1.82) is 0 Å². The number of nitrogens with one attached hydrogen (secondary N) is 2. The zero-order valence-corrected chi connectivity index (χ0v) is 19.8. The maximum atomic E-state index is 4.59. The summed E-state index contributed by atoms with van der Waals surface area (Å²) in [7, 11) is 1.82. The summed E-state index contributed by atoms with van der Waals surface area (Å²) in [4.78, 5) is 11.4. The summed E-state index contributed by atoms with van der Waals surface area (Å²) < 4.78 is 0. The maximum absolute atomic E-state index is 4.59. The fourth-order valence-corrected chi connectivity index (χ4v) is 3.59. The summed E-state index contributed by atoms with van der Waals surface area (Å²) in [6.45, 7) is 3.90. The van der Waals surface area contributed by atoms with Gasteiger partial charge in [-0.15, -0.1) is 24.0 Å². The van der Waals surface area contributed by atoms with Gasteiger partial charge in [-0.1, -0.05) is 43.2 Å². The van der Waals surface area contributed by atoms with Gasteiger partial charge in [0.15, 0.2) is 5.96 Å². The molecule has 0 spiro atoms. The first-order valence-electron chi connectivity index (χ1n) is 10.5. The van der Waals surface area contributed by atoms with Crippen molar-refractivity contribution in [2.45, 2.75) is 45.1 Å². The normalized spacial score (nSPS) is 14.7. The van der Waals surface area contributed by atoms with Gasteiger partial charge in [0.05, 0.1) is 0 Å². The molecule has 0 saturated carbocycles. The fraction of sp³-hybridized carbons (Fsp3) is 0.478. The lowest BCUT2D eigenvalue weighted by molar-refractivity contribution is 0.726. The van der Waals surface area contributed by atoms with E-state index in [1.54, 1.807) is 0 Å². The van der Waals surface area contributed by atoms with Gasteiger partial charge in [-0.2, -0.15) is 0 Å². The van der Waals surface area contributed by atoms with Crippen LogP contribution in [0.2, 0.25) is 0 Å². The number of hydrogen-bond acceptors (Lipinski definition) is 3. The summed E-state index contributed by atoms with van der Waals surface area (Å²) in [5.74, 6) is 1.95. The van der Waals surface area contributed by atoms with E-state index in [-0.39, 0.29) is 24.0 Å². The average Bonchev–Trinajstić information content (AvgIpc) is 3.04. The maximum Gasteiger partial charge on any atom is 0.191 e. The van der Waals surface area contributed by atoms with E-state index < -0.39 is 0 Å². The molecule has 0 aliphatic carbocycles. The zero-order valence-electron chi connectivity index (χ0n) is 17.4. The van der Waals surface area contributed by atoms with Crippen molar-refractivity contribution in [3.05, 3.63) is 59.8 Å². The monoisotopic (exact) mass is 507 g/mol. The van der Waals surface area contributed by atoms with Crippen LogP contribution in [0.4, 0.5) is 5.82 Å². The van der Waals surface area contributed by atoms with Gasteiger partial charge in [-0.05, 0) is 48.9 Å². The van der Waals surface area contributed by atoms with E-state index in [9.17, 15) is 0 Å². The van der Waals surface area contributed by atoms with E-state index >= 15 is 0 Å². The van der Waals surface area contributed by atoms with Crippen LogP contribution in [0.15, 0.2) is 53.7 Å². The topological polar surface area (TPSA) is 52.6 Å². The van der Waals surface area contributed by atoms with Crippen molar-refractivity contribution in [2.75, 3.05) is 31.6 Å². The molecular weight excluding hydrogens is 473 g/mol. The lowest BCUT2D eigenvalue weighted by Crippen LogP contribution is -2.37. The molecule has 3 rings (SSSR count). The minimum atomic E-state index is 0. The molecule has 6 heteroatoms. The number of aryl methyl sites for hydroxylation is 1. The number of aliphatic imine (C=N–C) groups is 1. The van der Waals surface area contributed by atoms with Crippen LogP contribution in [0.1, 0.15) is 43.2 Å². The van der Waals surface area contributed by atoms with Crippen LogP contribution in [-0.2, 0) is 13.0 Å². The molecule has 158 valence electrons. The Bertz CT molecular complexity index is 727. The minimum Gasteiger partial charge on any atom is -0.357 e. The first kappa shape index (κ1) is 23.4. The summed E-state index contributed by atoms with van der Waals surface area (Å²) >= 11 is 0. The van der Waals surface area contributed by atoms with Gasteiger partial charge in [0.2, 0.25) is 0 Å². The summed E-state index contributed by atoms with van der Waals surface area (Å²) in [6.07, 6.45) is 9.29. The van der Waals surface area contributed by atoms with E-state index in [1.165, 1.54) is 36.8 Å². The molecule has 1 aliphatic heterocycles. The van der Waals surface area contributed by atoms with Crippen molar-refractivity contribution in [2.24, 2.45) is 4.99 Å². The highest BCUT2D eigenvalue weighted by atomic mass is 127. The summed E-state index contributed by atoms with van der Waals surface area (Å²) in [6, 6.07) is 14.9. The summed E-state index contributed by atoms with van der Waals surface area (Å²) in [5.41, 5.74) is 2.62. The first-order chi connectivity index (χ1) is 13.8. The molecule has 1 aromatic heterocycles. The highest BCUT2D eigenvalue weighted by Crippen LogP contribution is 2.18. The van der Waals surface area contributed by atoms with Gasteiger partial charge >= 0.3 is 0 Å². The number of anilines is 1. The predicted octanol–water partition coefficient (Wildman–Crippen LogP) is 4.38. The van der Waals surface area contributed by atoms with Gasteiger partial charge in [-0.3, -0.25) is 4.99 Å². The van der Waals surface area contributed by atoms with Crippen molar-refractivity contribution >= 4 is 35.8 Å². The highest BCUT2D eigenvalue weighted by molar-refractivity contribution is 14.0. The van der Waals surface area contributed by atoms with Crippen LogP contribution in [-0.4, -0.2) is 37.6 Å². The molecule has 1 saturated heterocycles. The van der Waals surface area contributed by atoms with E-state index in [1.807, 2.05) is 13.2 Å². The van der Waals surface area contributed by atoms with Crippen LogP contribution in [0.5, 0.6) is 0 Å². The van der Waals surface area contributed by atoms with E-state index in [2.05, 4.69) is 68.0 Å². The van der Waals surface area contributed by atoms with Gasteiger partial charge in [-0.25, -0.2) is 4.98 Å². The van der Waals surface area contributed by atoms with Gasteiger partial charge in [0, 0.05) is 39.4 Å². The first-order valence-corrected chi connectivity index (χ1v) is 10.5. The van der Waals surface area contributed by atoms with Crippen molar-refractivity contribution < 1.29 is 0 Å². The molecule has 0 amide bonds. The molecule has 5 nitrogen and oxygen atoms in total. The molecule has 29 heavy (non-hydrogen) atoms. The highest BCUT2D eigenvalue weighted by Gasteiger charge is 2.11. The molecule has 2 heterocycles. The van der Waals surface area contributed by atoms with Crippen LogP contribution >= 0.6 is 24.0 Å². The smallest absolute Gasteiger partial charge is 0.191 e. The molecule has 0 atom stereocenters. The third-order valence-corrected chi connectivity index (χ3v) is 5.20. The lowest BCUT2D eigenvalue weighted by atomic mass is 10.1. The Labute approximate surface area is 192 Å². The van der Waals surface area contributed by atoms with Crippen molar-refractivity contribution in [3.8, 4) is 0 Å². The minimum absolute atomic E-state index is 0. The quantitative estimate of drug-likeness (QED) is 0.253. The van der Waals surface area contributed by atoms with Gasteiger partial charge in [0.1, 0.15) is 5.82 Å². The zero-order chi connectivity index (χ0) is 19.4. The Balaban J connectivity index is 0.00000300. The molecular formula is C23H34IN5. The largest absolute Gasteiger partial charge is 0.357 e. The number of hydrogen-bond donors (Lipinski definition) is 2. The number of benzene rings is 1. The Morgan fingerprint density at radius 3 is 2.48 bits per heavy atom. The molecule has 0 radical (unpaired) electrons. The Morgan fingerprint density at radius 1 is 1.00 bits per heavy atom. The van der Waals surface area contributed by atoms with E-state index in [0.29, 0.717) is 0 Å². The number of nitrogens with zero attached hydrogens (tertiary/aromatic N) is 3. The fourth-order valence-electron chi connectivity index (χ4n) is 3.59. The van der Waals surface area contributed by atoms with Crippen LogP contribution < -0.4 is 15.5 Å². The number of rotatable bonds is 7. The Kier molecular flexibility index (Phi) is 10.8. The second-order valence-corrected chi connectivity index (χ2v) is 7.37. The predicted molar refractivity (Wildman–Crippen MR) is 133 cm³/mol. The number of pyridine rings is 1. The lowest BCUT2D eigenvalue weighted by Gasteiger charge is -2.22. The molecule has 1 fully saturated rings. The van der Waals surface area contributed by atoms with Crippen LogP contribution in [0.25, 0.3) is 0 Å². The van der Waals surface area contributed by atoms with Crippen molar-refractivity contribution in [3.63, 3.8) is 0 Å². The van der Waals surface area contributed by atoms with Gasteiger partial charge in [0.25, 0.3) is 0 Å². The second-order valence-electron chi connectivity index (χ2n) is 7.37. The summed E-state index contributed by atoms with van der Waals surface area (Å²) in [5, 5.41) is 6.83. The van der Waals surface area contributed by atoms with Crippen LogP contribution in [0, 0.1) is 0 Å². The molecule has 2 aromatic rings. The molecule has 1 aromatic carbocycles. The van der Waals surface area contributed by atoms with E-state index in [0.717, 1.165) is 50.8 Å². The second kappa shape index (κ2) is 13.4. The van der Waals surface area contributed by atoms with Crippen molar-refractivity contribution in [1.82, 2.24) is 15.6 Å². The Hall–Kier alpha value is -1.83. The SMILES string of the molecule is CN=C(NCCCc1ccccc1)NCc1ccnc(N2CCCCCC2)c1.I. The molecule has 0 bridgehead atoms. The number of halogens is 1. The van der Waals surface area contributed by atoms with Crippen LogP contribution in [0.3, 0.4) is 0 Å². The third-order valence-electron chi connectivity index (χ3n) is 5.20. The third kappa shape index (κ3) is 8.20. The molecule has 1 aliphatic rings. The number of guanidine groups is 1.